The Bertz CT molecular complexity index is 1260. The van der Waals surface area contributed by atoms with Crippen molar-refractivity contribution in [2.45, 2.75) is 51.2 Å². The van der Waals surface area contributed by atoms with Gasteiger partial charge < -0.3 is 4.74 Å². The predicted octanol–water partition coefficient (Wildman–Crippen LogP) is 4.77. The number of amides is 1. The summed E-state index contributed by atoms with van der Waals surface area (Å²) in [6, 6.07) is 13.4. The fraction of sp³-hybridized carbons (Fsp3) is 0.304. The zero-order chi connectivity index (χ0) is 24.2. The smallest absolute Gasteiger partial charge is 0.264 e. The fourth-order valence-electron chi connectivity index (χ4n) is 3.23. The van der Waals surface area contributed by atoms with Crippen LogP contribution in [0.2, 0.25) is 10.0 Å². The molecule has 0 saturated carbocycles. The number of aryl methyl sites for hydroxylation is 2. The van der Waals surface area contributed by atoms with E-state index < -0.39 is 15.9 Å². The molecular weight excluding hydrogens is 485 g/mol. The minimum atomic E-state index is -3.95. The number of aromatic nitrogens is 2. The lowest BCUT2D eigenvalue weighted by Crippen LogP contribution is -2.31. The molecule has 0 atom stereocenters. The lowest BCUT2D eigenvalue weighted by atomic mass is 10.2. The number of hydrogen-bond acceptors (Lipinski definition) is 5. The van der Waals surface area contributed by atoms with Crippen LogP contribution in [0.5, 0.6) is 5.88 Å². The summed E-state index contributed by atoms with van der Waals surface area (Å²) in [6.45, 7) is 5.79. The Morgan fingerprint density at radius 2 is 1.88 bits per heavy atom. The standard InChI is InChI=1S/C23H25Cl2N3O4S/c1-15(2)32-23-13-19(28(26-23)14-17-8-9-18(24)12-20(17)25)10-11-22(29)27-33(30,31)21-7-5-4-6-16(21)3/h4-9,12-13,15H,10-11,14H2,1-3H3,(H,27,29). The number of halogens is 2. The molecule has 176 valence electrons. The van der Waals surface area contributed by atoms with Crippen LogP contribution < -0.4 is 9.46 Å². The monoisotopic (exact) mass is 509 g/mol. The fourth-order valence-corrected chi connectivity index (χ4v) is 4.96. The summed E-state index contributed by atoms with van der Waals surface area (Å²) >= 11 is 12.3. The average Bonchev–Trinajstić information content (AvgIpc) is 3.08. The highest BCUT2D eigenvalue weighted by molar-refractivity contribution is 7.90. The number of hydrogen-bond donors (Lipinski definition) is 1. The van der Waals surface area contributed by atoms with Gasteiger partial charge >= 0.3 is 0 Å². The third-order valence-corrected chi connectivity index (χ3v) is 6.89. The lowest BCUT2D eigenvalue weighted by molar-refractivity contribution is -0.119. The lowest BCUT2D eigenvalue weighted by Gasteiger charge is -2.11. The zero-order valence-corrected chi connectivity index (χ0v) is 20.8. The normalized spacial score (nSPS) is 11.6. The van der Waals surface area contributed by atoms with Gasteiger partial charge in [0.05, 0.1) is 17.5 Å². The molecular formula is C23H25Cl2N3O4S. The van der Waals surface area contributed by atoms with Crippen LogP contribution >= 0.6 is 23.2 Å². The Morgan fingerprint density at radius 3 is 2.55 bits per heavy atom. The molecule has 7 nitrogen and oxygen atoms in total. The molecule has 10 heteroatoms. The minimum Gasteiger partial charge on any atom is -0.474 e. The molecule has 0 spiro atoms. The highest BCUT2D eigenvalue weighted by Gasteiger charge is 2.20. The number of sulfonamides is 1. The summed E-state index contributed by atoms with van der Waals surface area (Å²) in [4.78, 5) is 12.6. The van der Waals surface area contributed by atoms with E-state index in [9.17, 15) is 13.2 Å². The van der Waals surface area contributed by atoms with Crippen LogP contribution in [-0.4, -0.2) is 30.2 Å². The van der Waals surface area contributed by atoms with Crippen molar-refractivity contribution in [2.24, 2.45) is 0 Å². The molecule has 0 aliphatic carbocycles. The van der Waals surface area contributed by atoms with Gasteiger partial charge in [-0.05, 0) is 56.5 Å². The number of rotatable bonds is 9. The van der Waals surface area contributed by atoms with Crippen LogP contribution in [-0.2, 0) is 27.8 Å². The quantitative estimate of drug-likeness (QED) is 0.448. The molecule has 1 N–H and O–H groups in total. The van der Waals surface area contributed by atoms with Crippen LogP contribution in [0.25, 0.3) is 0 Å². The molecule has 1 amide bonds. The van der Waals surface area contributed by atoms with Gasteiger partial charge in [-0.3, -0.25) is 9.48 Å². The van der Waals surface area contributed by atoms with E-state index in [4.69, 9.17) is 27.9 Å². The van der Waals surface area contributed by atoms with Gasteiger partial charge in [0.2, 0.25) is 11.8 Å². The Balaban J connectivity index is 1.75. The van der Waals surface area contributed by atoms with Crippen LogP contribution in [0.1, 0.15) is 37.1 Å². The SMILES string of the molecule is Cc1ccccc1S(=O)(=O)NC(=O)CCc1cc(OC(C)C)nn1Cc1ccc(Cl)cc1Cl. The number of nitrogens with zero attached hydrogens (tertiary/aromatic N) is 2. The molecule has 1 aromatic heterocycles. The number of carbonyl (C=O) groups excluding carboxylic acids is 1. The van der Waals surface area contributed by atoms with Gasteiger partial charge in [0.25, 0.3) is 10.0 Å². The van der Waals surface area contributed by atoms with E-state index in [-0.39, 0.29) is 23.8 Å². The van der Waals surface area contributed by atoms with Crippen LogP contribution in [0.15, 0.2) is 53.4 Å². The van der Waals surface area contributed by atoms with E-state index >= 15 is 0 Å². The van der Waals surface area contributed by atoms with Crippen molar-refractivity contribution in [1.82, 2.24) is 14.5 Å². The molecule has 3 aromatic rings. The average molecular weight is 510 g/mol. The van der Waals surface area contributed by atoms with Gasteiger partial charge in [0.15, 0.2) is 0 Å². The molecule has 0 aliphatic heterocycles. The molecule has 0 saturated heterocycles. The molecule has 1 heterocycles. The van der Waals surface area contributed by atoms with E-state index in [0.29, 0.717) is 33.7 Å². The topological polar surface area (TPSA) is 90.3 Å². The molecule has 3 rings (SSSR count). The second-order valence-corrected chi connectivity index (χ2v) is 10.3. The summed E-state index contributed by atoms with van der Waals surface area (Å²) in [5.74, 6) is -0.195. The van der Waals surface area contributed by atoms with Crippen molar-refractivity contribution in [3.63, 3.8) is 0 Å². The first kappa shape index (κ1) is 25.1. The second-order valence-electron chi connectivity index (χ2n) is 7.83. The van der Waals surface area contributed by atoms with E-state index in [1.54, 1.807) is 54.1 Å². The second kappa shape index (κ2) is 10.6. The molecule has 0 fully saturated rings. The number of carbonyl (C=O) groups is 1. The van der Waals surface area contributed by atoms with Crippen molar-refractivity contribution in [2.75, 3.05) is 0 Å². The van der Waals surface area contributed by atoms with E-state index in [0.717, 1.165) is 5.56 Å². The maximum Gasteiger partial charge on any atom is 0.264 e. The third kappa shape index (κ3) is 6.72. The Morgan fingerprint density at radius 1 is 1.15 bits per heavy atom. The van der Waals surface area contributed by atoms with Gasteiger partial charge in [-0.2, -0.15) is 0 Å². The molecule has 0 bridgehead atoms. The van der Waals surface area contributed by atoms with Gasteiger partial charge in [-0.1, -0.05) is 47.5 Å². The summed E-state index contributed by atoms with van der Waals surface area (Å²) in [5.41, 5.74) is 2.07. The van der Waals surface area contributed by atoms with E-state index in [1.165, 1.54) is 6.07 Å². The Hall–Kier alpha value is -2.55. The van der Waals surface area contributed by atoms with Crippen LogP contribution in [0.3, 0.4) is 0 Å². The maximum atomic E-state index is 12.6. The number of benzene rings is 2. The third-order valence-electron chi connectivity index (χ3n) is 4.77. The molecule has 0 unspecified atom stereocenters. The maximum absolute atomic E-state index is 12.6. The minimum absolute atomic E-state index is 0.0493. The molecule has 0 radical (unpaired) electrons. The zero-order valence-electron chi connectivity index (χ0n) is 18.5. The molecule has 0 aliphatic rings. The first-order chi connectivity index (χ1) is 15.5. The summed E-state index contributed by atoms with van der Waals surface area (Å²) in [6.07, 6.45) is 0.129. The number of nitrogens with one attached hydrogen (secondary N) is 1. The van der Waals surface area contributed by atoms with Crippen molar-refractivity contribution in [3.05, 3.63) is 75.4 Å². The Kier molecular flexibility index (Phi) is 8.05. The largest absolute Gasteiger partial charge is 0.474 e. The predicted molar refractivity (Wildman–Crippen MR) is 128 cm³/mol. The first-order valence-electron chi connectivity index (χ1n) is 10.3. The van der Waals surface area contributed by atoms with E-state index in [2.05, 4.69) is 9.82 Å². The van der Waals surface area contributed by atoms with Gasteiger partial charge in [-0.25, -0.2) is 13.1 Å². The summed E-state index contributed by atoms with van der Waals surface area (Å²) < 4.78 is 34.7. The molecule has 2 aromatic carbocycles. The molecule has 33 heavy (non-hydrogen) atoms. The summed E-state index contributed by atoms with van der Waals surface area (Å²) in [5, 5.41) is 5.50. The van der Waals surface area contributed by atoms with Crippen molar-refractivity contribution < 1.29 is 17.9 Å². The van der Waals surface area contributed by atoms with Gasteiger partial charge in [-0.15, -0.1) is 5.10 Å². The van der Waals surface area contributed by atoms with Crippen molar-refractivity contribution in [3.8, 4) is 5.88 Å². The van der Waals surface area contributed by atoms with Crippen LogP contribution in [0.4, 0.5) is 0 Å². The van der Waals surface area contributed by atoms with Gasteiger partial charge in [0, 0.05) is 28.2 Å². The number of ether oxygens (including phenoxy) is 1. The highest BCUT2D eigenvalue weighted by Crippen LogP contribution is 2.24. The van der Waals surface area contributed by atoms with E-state index in [1.807, 2.05) is 13.8 Å². The van der Waals surface area contributed by atoms with Crippen molar-refractivity contribution in [1.29, 1.82) is 0 Å². The van der Waals surface area contributed by atoms with Gasteiger partial charge in [0.1, 0.15) is 0 Å². The van der Waals surface area contributed by atoms with Crippen molar-refractivity contribution >= 4 is 39.1 Å². The van der Waals surface area contributed by atoms with Crippen LogP contribution in [0, 0.1) is 6.92 Å². The first-order valence-corrected chi connectivity index (χ1v) is 12.6. The summed E-state index contributed by atoms with van der Waals surface area (Å²) in [7, 11) is -3.95. The Labute approximate surface area is 203 Å². The highest BCUT2D eigenvalue weighted by atomic mass is 35.5.